The normalized spacial score (nSPS) is 21.1. The molecule has 0 spiro atoms. The summed E-state index contributed by atoms with van der Waals surface area (Å²) in [5.74, 6) is 2.59. The lowest BCUT2D eigenvalue weighted by Crippen LogP contribution is -2.32. The zero-order chi connectivity index (χ0) is 12.2. The molecule has 1 aromatic rings. The number of hydrogen-bond acceptors (Lipinski definition) is 3. The molecule has 0 unspecified atom stereocenters. The minimum absolute atomic E-state index is 0.799. The lowest BCUT2D eigenvalue weighted by Gasteiger charge is -2.26. The molecular formula is C15H22N2S. The summed E-state index contributed by atoms with van der Waals surface area (Å²) in [7, 11) is 0. The zero-order valence-corrected chi connectivity index (χ0v) is 11.7. The van der Waals surface area contributed by atoms with Crippen molar-refractivity contribution in [1.29, 1.82) is 0 Å². The van der Waals surface area contributed by atoms with Crippen molar-refractivity contribution in [2.75, 3.05) is 24.6 Å². The number of nitrogens with one attached hydrogen (secondary N) is 1. The summed E-state index contributed by atoms with van der Waals surface area (Å²) in [5.41, 5.74) is 2.91. The Kier molecular flexibility index (Phi) is 4.24. The van der Waals surface area contributed by atoms with E-state index in [1.165, 1.54) is 48.6 Å². The van der Waals surface area contributed by atoms with Gasteiger partial charge in [-0.2, -0.15) is 11.8 Å². The molecule has 3 heteroatoms. The molecule has 98 valence electrons. The van der Waals surface area contributed by atoms with Crippen molar-refractivity contribution in [3.63, 3.8) is 0 Å². The highest BCUT2D eigenvalue weighted by atomic mass is 32.2. The third-order valence-electron chi connectivity index (χ3n) is 3.67. The van der Waals surface area contributed by atoms with Gasteiger partial charge in [-0.3, -0.25) is 4.90 Å². The topological polar surface area (TPSA) is 15.3 Å². The fourth-order valence-corrected chi connectivity index (χ4v) is 3.38. The van der Waals surface area contributed by atoms with E-state index in [4.69, 9.17) is 0 Å². The van der Waals surface area contributed by atoms with Crippen LogP contribution < -0.4 is 5.32 Å². The first-order valence-electron chi connectivity index (χ1n) is 7.01. The molecule has 0 amide bonds. The van der Waals surface area contributed by atoms with Gasteiger partial charge in [-0.25, -0.2) is 0 Å². The molecule has 3 rings (SSSR count). The number of rotatable bonds is 5. The fourth-order valence-electron chi connectivity index (χ4n) is 2.41. The number of hydrogen-bond donors (Lipinski definition) is 1. The first kappa shape index (κ1) is 12.5. The average molecular weight is 262 g/mol. The van der Waals surface area contributed by atoms with Gasteiger partial charge in [0.15, 0.2) is 0 Å². The standard InChI is InChI=1S/C15H22N2S/c1-2-13(11-16-15-4-5-15)10-14(3-1)12-17-6-8-18-9-7-17/h1-3,10,15-16H,4-9,11-12H2. The molecule has 1 heterocycles. The molecule has 1 aliphatic carbocycles. The second-order valence-electron chi connectivity index (χ2n) is 5.36. The van der Waals surface area contributed by atoms with Gasteiger partial charge in [0, 0.05) is 43.7 Å². The Morgan fingerprint density at radius 2 is 1.94 bits per heavy atom. The van der Waals surface area contributed by atoms with E-state index in [1.54, 1.807) is 0 Å². The van der Waals surface area contributed by atoms with Crippen LogP contribution in [0, 0.1) is 0 Å². The van der Waals surface area contributed by atoms with Gasteiger partial charge in [-0.15, -0.1) is 0 Å². The average Bonchev–Trinajstić information content (AvgIpc) is 3.22. The minimum Gasteiger partial charge on any atom is -0.310 e. The maximum Gasteiger partial charge on any atom is 0.0234 e. The number of nitrogens with zero attached hydrogens (tertiary/aromatic N) is 1. The predicted octanol–water partition coefficient (Wildman–Crippen LogP) is 2.49. The molecule has 1 N–H and O–H groups in total. The maximum atomic E-state index is 3.59. The third kappa shape index (κ3) is 3.74. The smallest absolute Gasteiger partial charge is 0.0234 e. The van der Waals surface area contributed by atoms with Gasteiger partial charge in [0.1, 0.15) is 0 Å². The van der Waals surface area contributed by atoms with E-state index in [9.17, 15) is 0 Å². The van der Waals surface area contributed by atoms with Gasteiger partial charge in [0.25, 0.3) is 0 Å². The molecule has 1 saturated heterocycles. The van der Waals surface area contributed by atoms with Crippen LogP contribution in [0.25, 0.3) is 0 Å². The Morgan fingerprint density at radius 1 is 1.17 bits per heavy atom. The van der Waals surface area contributed by atoms with E-state index in [1.807, 2.05) is 0 Å². The van der Waals surface area contributed by atoms with Gasteiger partial charge in [0.2, 0.25) is 0 Å². The Labute approximate surface area is 114 Å². The summed E-state index contributed by atoms with van der Waals surface area (Å²) in [5, 5.41) is 3.59. The van der Waals surface area contributed by atoms with E-state index < -0.39 is 0 Å². The van der Waals surface area contributed by atoms with Gasteiger partial charge < -0.3 is 5.32 Å². The van der Waals surface area contributed by atoms with Crippen molar-refractivity contribution in [1.82, 2.24) is 10.2 Å². The quantitative estimate of drug-likeness (QED) is 0.877. The summed E-state index contributed by atoms with van der Waals surface area (Å²) < 4.78 is 0. The summed E-state index contributed by atoms with van der Waals surface area (Å²) in [6.07, 6.45) is 2.73. The van der Waals surface area contributed by atoms with E-state index in [0.717, 1.165) is 19.1 Å². The van der Waals surface area contributed by atoms with Crippen LogP contribution in [-0.4, -0.2) is 35.5 Å². The molecule has 2 nitrogen and oxygen atoms in total. The summed E-state index contributed by atoms with van der Waals surface area (Å²) in [6, 6.07) is 9.88. The number of benzene rings is 1. The van der Waals surface area contributed by atoms with Crippen LogP contribution in [0.5, 0.6) is 0 Å². The summed E-state index contributed by atoms with van der Waals surface area (Å²) in [4.78, 5) is 2.57. The SMILES string of the molecule is c1cc(CNC2CC2)cc(CN2CCSCC2)c1. The van der Waals surface area contributed by atoms with E-state index >= 15 is 0 Å². The fraction of sp³-hybridized carbons (Fsp3) is 0.600. The van der Waals surface area contributed by atoms with Crippen LogP contribution in [0.15, 0.2) is 24.3 Å². The molecule has 0 radical (unpaired) electrons. The Hall–Kier alpha value is -0.510. The van der Waals surface area contributed by atoms with Gasteiger partial charge in [0.05, 0.1) is 0 Å². The molecule has 0 atom stereocenters. The van der Waals surface area contributed by atoms with E-state index in [0.29, 0.717) is 0 Å². The third-order valence-corrected chi connectivity index (χ3v) is 4.62. The van der Waals surface area contributed by atoms with Crippen LogP contribution >= 0.6 is 11.8 Å². The first-order valence-corrected chi connectivity index (χ1v) is 8.17. The largest absolute Gasteiger partial charge is 0.310 e. The van der Waals surface area contributed by atoms with Crippen LogP contribution in [0.4, 0.5) is 0 Å². The Balaban J connectivity index is 1.55. The minimum atomic E-state index is 0.799. The van der Waals surface area contributed by atoms with Crippen LogP contribution in [0.3, 0.4) is 0 Å². The van der Waals surface area contributed by atoms with E-state index in [2.05, 4.69) is 46.2 Å². The molecule has 1 aliphatic heterocycles. The molecule has 0 bridgehead atoms. The molecule has 2 aliphatic rings. The highest BCUT2D eigenvalue weighted by molar-refractivity contribution is 7.99. The van der Waals surface area contributed by atoms with Crippen LogP contribution in [0.2, 0.25) is 0 Å². The van der Waals surface area contributed by atoms with E-state index in [-0.39, 0.29) is 0 Å². The molecule has 0 aromatic heterocycles. The van der Waals surface area contributed by atoms with Crippen molar-refractivity contribution in [3.05, 3.63) is 35.4 Å². The van der Waals surface area contributed by atoms with Gasteiger partial charge in [-0.05, 0) is 24.0 Å². The monoisotopic (exact) mass is 262 g/mol. The molecular weight excluding hydrogens is 240 g/mol. The van der Waals surface area contributed by atoms with Crippen molar-refractivity contribution in [3.8, 4) is 0 Å². The van der Waals surface area contributed by atoms with Crippen molar-refractivity contribution in [2.45, 2.75) is 32.0 Å². The van der Waals surface area contributed by atoms with Crippen molar-refractivity contribution >= 4 is 11.8 Å². The van der Waals surface area contributed by atoms with Crippen LogP contribution in [0.1, 0.15) is 24.0 Å². The lowest BCUT2D eigenvalue weighted by molar-refractivity contribution is 0.294. The summed E-state index contributed by atoms with van der Waals surface area (Å²) >= 11 is 2.08. The zero-order valence-electron chi connectivity index (χ0n) is 10.9. The Morgan fingerprint density at radius 3 is 2.72 bits per heavy atom. The number of thioether (sulfide) groups is 1. The lowest BCUT2D eigenvalue weighted by atomic mass is 10.1. The second kappa shape index (κ2) is 6.09. The predicted molar refractivity (Wildman–Crippen MR) is 78.9 cm³/mol. The molecule has 1 saturated carbocycles. The maximum absolute atomic E-state index is 3.59. The Bertz CT molecular complexity index is 384. The van der Waals surface area contributed by atoms with Crippen molar-refractivity contribution < 1.29 is 0 Å². The van der Waals surface area contributed by atoms with Crippen molar-refractivity contribution in [2.24, 2.45) is 0 Å². The van der Waals surface area contributed by atoms with Gasteiger partial charge in [-0.1, -0.05) is 24.3 Å². The first-order chi connectivity index (χ1) is 8.90. The molecule has 2 fully saturated rings. The summed E-state index contributed by atoms with van der Waals surface area (Å²) in [6.45, 7) is 4.65. The molecule has 1 aromatic carbocycles. The van der Waals surface area contributed by atoms with Crippen LogP contribution in [-0.2, 0) is 13.1 Å². The highest BCUT2D eigenvalue weighted by Crippen LogP contribution is 2.19. The van der Waals surface area contributed by atoms with Gasteiger partial charge >= 0.3 is 0 Å². The second-order valence-corrected chi connectivity index (χ2v) is 6.59. The molecule has 18 heavy (non-hydrogen) atoms. The highest BCUT2D eigenvalue weighted by Gasteiger charge is 2.19.